The number of aliphatic hydroxyl groups excluding tert-OH is 1. The average Bonchev–Trinajstić information content (AvgIpc) is 1.63. The third-order valence-corrected chi connectivity index (χ3v) is 0.962. The van der Waals surface area contributed by atoms with E-state index in [0.29, 0.717) is 6.42 Å². The summed E-state index contributed by atoms with van der Waals surface area (Å²) in [5, 5.41) is 8.93. The van der Waals surface area contributed by atoms with Gasteiger partial charge in [0, 0.05) is 6.42 Å². The summed E-state index contributed by atoms with van der Waals surface area (Å²) in [6, 6.07) is 0. The standard InChI is InChI=1S/C7H12O2/c1-3-4-7(9)5-6(2)8/h3,7,9H,1,4-5H2,2H3/t7-/m1/s1. The molecule has 1 N–H and O–H groups in total. The van der Waals surface area contributed by atoms with E-state index in [1.165, 1.54) is 6.92 Å². The highest BCUT2D eigenvalue weighted by Gasteiger charge is 2.03. The van der Waals surface area contributed by atoms with Gasteiger partial charge in [-0.15, -0.1) is 6.58 Å². The molecule has 0 saturated carbocycles. The van der Waals surface area contributed by atoms with E-state index >= 15 is 0 Å². The van der Waals surface area contributed by atoms with Crippen LogP contribution in [0.4, 0.5) is 0 Å². The molecule has 0 aliphatic rings. The van der Waals surface area contributed by atoms with Gasteiger partial charge < -0.3 is 5.11 Å². The maximum atomic E-state index is 10.3. The number of ketones is 1. The summed E-state index contributed by atoms with van der Waals surface area (Å²) in [5.74, 6) is 0.0179. The van der Waals surface area contributed by atoms with Crippen LogP contribution in [0.25, 0.3) is 0 Å². The van der Waals surface area contributed by atoms with Gasteiger partial charge >= 0.3 is 0 Å². The molecule has 0 aromatic rings. The van der Waals surface area contributed by atoms with Gasteiger partial charge in [-0.2, -0.15) is 0 Å². The zero-order valence-corrected chi connectivity index (χ0v) is 5.63. The number of hydrogen-bond donors (Lipinski definition) is 1. The van der Waals surface area contributed by atoms with Crippen molar-refractivity contribution in [3.8, 4) is 0 Å². The van der Waals surface area contributed by atoms with Crippen molar-refractivity contribution in [3.05, 3.63) is 12.7 Å². The van der Waals surface area contributed by atoms with Gasteiger partial charge in [-0.3, -0.25) is 4.79 Å². The number of Topliss-reactive ketones (excluding diaryl/α,β-unsaturated/α-hetero) is 1. The van der Waals surface area contributed by atoms with E-state index in [1.54, 1.807) is 6.08 Å². The van der Waals surface area contributed by atoms with Crippen LogP contribution in [-0.2, 0) is 4.79 Å². The largest absolute Gasteiger partial charge is 0.392 e. The van der Waals surface area contributed by atoms with E-state index < -0.39 is 6.10 Å². The minimum Gasteiger partial charge on any atom is -0.392 e. The van der Waals surface area contributed by atoms with Gasteiger partial charge in [-0.25, -0.2) is 0 Å². The molecule has 0 rings (SSSR count). The Labute approximate surface area is 55.2 Å². The van der Waals surface area contributed by atoms with E-state index in [9.17, 15) is 4.79 Å². The Bertz CT molecular complexity index is 107. The zero-order chi connectivity index (χ0) is 7.28. The molecule has 0 aliphatic heterocycles. The van der Waals surface area contributed by atoms with Crippen LogP contribution in [0.15, 0.2) is 12.7 Å². The highest BCUT2D eigenvalue weighted by atomic mass is 16.3. The summed E-state index contributed by atoms with van der Waals surface area (Å²) in [6.45, 7) is 4.90. The zero-order valence-electron chi connectivity index (χ0n) is 5.63. The molecule has 0 unspecified atom stereocenters. The Morgan fingerprint density at radius 2 is 2.44 bits per heavy atom. The Kier molecular flexibility index (Phi) is 3.97. The lowest BCUT2D eigenvalue weighted by Crippen LogP contribution is -2.09. The molecule has 0 spiro atoms. The first-order valence-corrected chi connectivity index (χ1v) is 2.95. The fourth-order valence-electron chi connectivity index (χ4n) is 0.608. The van der Waals surface area contributed by atoms with Gasteiger partial charge in [0.2, 0.25) is 0 Å². The summed E-state index contributed by atoms with van der Waals surface area (Å²) in [5.41, 5.74) is 0. The molecule has 52 valence electrons. The predicted octanol–water partition coefficient (Wildman–Crippen LogP) is 0.902. The lowest BCUT2D eigenvalue weighted by molar-refractivity contribution is -0.118. The molecule has 0 radical (unpaired) electrons. The van der Waals surface area contributed by atoms with E-state index in [2.05, 4.69) is 6.58 Å². The van der Waals surface area contributed by atoms with Gasteiger partial charge in [0.15, 0.2) is 0 Å². The summed E-state index contributed by atoms with van der Waals surface area (Å²) in [6.07, 6.45) is 1.82. The molecule has 0 fully saturated rings. The molecule has 1 atom stereocenters. The molecule has 0 heterocycles. The van der Waals surface area contributed by atoms with Gasteiger partial charge in [-0.1, -0.05) is 6.08 Å². The third-order valence-electron chi connectivity index (χ3n) is 0.962. The summed E-state index contributed by atoms with van der Waals surface area (Å²) in [4.78, 5) is 10.3. The number of rotatable bonds is 4. The van der Waals surface area contributed by atoms with E-state index in [0.717, 1.165) is 0 Å². The highest BCUT2D eigenvalue weighted by Crippen LogP contribution is 1.97. The maximum Gasteiger partial charge on any atom is 0.132 e. The van der Waals surface area contributed by atoms with Crippen molar-refractivity contribution < 1.29 is 9.90 Å². The van der Waals surface area contributed by atoms with Crippen molar-refractivity contribution in [2.45, 2.75) is 25.9 Å². The first-order chi connectivity index (χ1) is 4.16. The third kappa shape index (κ3) is 5.24. The smallest absolute Gasteiger partial charge is 0.132 e. The highest BCUT2D eigenvalue weighted by molar-refractivity contribution is 5.75. The summed E-state index contributed by atoms with van der Waals surface area (Å²) < 4.78 is 0. The molecule has 0 saturated heterocycles. The van der Waals surface area contributed by atoms with Crippen molar-refractivity contribution in [3.63, 3.8) is 0 Å². The molecule has 0 aromatic heterocycles. The van der Waals surface area contributed by atoms with E-state index in [1.807, 2.05) is 0 Å². The molecular formula is C7H12O2. The van der Waals surface area contributed by atoms with Crippen molar-refractivity contribution >= 4 is 5.78 Å². The van der Waals surface area contributed by atoms with Crippen LogP contribution in [0.5, 0.6) is 0 Å². The Hall–Kier alpha value is -0.630. The van der Waals surface area contributed by atoms with Crippen molar-refractivity contribution in [2.75, 3.05) is 0 Å². The van der Waals surface area contributed by atoms with Crippen LogP contribution in [0.3, 0.4) is 0 Å². The Morgan fingerprint density at radius 3 is 2.78 bits per heavy atom. The molecular weight excluding hydrogens is 116 g/mol. The minimum atomic E-state index is -0.528. The molecule has 2 nitrogen and oxygen atoms in total. The van der Waals surface area contributed by atoms with Gasteiger partial charge in [0.1, 0.15) is 5.78 Å². The topological polar surface area (TPSA) is 37.3 Å². The van der Waals surface area contributed by atoms with E-state index in [-0.39, 0.29) is 12.2 Å². The molecule has 9 heavy (non-hydrogen) atoms. The normalized spacial score (nSPS) is 12.7. The second-order valence-electron chi connectivity index (χ2n) is 2.08. The lowest BCUT2D eigenvalue weighted by Gasteiger charge is -2.02. The van der Waals surface area contributed by atoms with Crippen LogP contribution >= 0.6 is 0 Å². The van der Waals surface area contributed by atoms with Crippen LogP contribution < -0.4 is 0 Å². The molecule has 0 bridgehead atoms. The van der Waals surface area contributed by atoms with Crippen LogP contribution in [0.2, 0.25) is 0 Å². The van der Waals surface area contributed by atoms with Gasteiger partial charge in [0.05, 0.1) is 6.10 Å². The second kappa shape index (κ2) is 4.27. The van der Waals surface area contributed by atoms with Crippen molar-refractivity contribution in [1.29, 1.82) is 0 Å². The van der Waals surface area contributed by atoms with Crippen LogP contribution in [0, 0.1) is 0 Å². The van der Waals surface area contributed by atoms with Crippen LogP contribution in [0.1, 0.15) is 19.8 Å². The molecule has 0 aliphatic carbocycles. The monoisotopic (exact) mass is 128 g/mol. The second-order valence-corrected chi connectivity index (χ2v) is 2.08. The minimum absolute atomic E-state index is 0.0179. The quantitative estimate of drug-likeness (QED) is 0.571. The predicted molar refractivity (Wildman–Crippen MR) is 36.1 cm³/mol. The first kappa shape index (κ1) is 8.37. The van der Waals surface area contributed by atoms with Crippen LogP contribution in [-0.4, -0.2) is 17.0 Å². The summed E-state index contributed by atoms with van der Waals surface area (Å²) >= 11 is 0. The number of hydrogen-bond acceptors (Lipinski definition) is 2. The van der Waals surface area contributed by atoms with Crippen molar-refractivity contribution in [2.24, 2.45) is 0 Å². The fraction of sp³-hybridized carbons (Fsp3) is 0.571. The van der Waals surface area contributed by atoms with E-state index in [4.69, 9.17) is 5.11 Å². The SMILES string of the molecule is C=CC[C@@H](O)CC(C)=O. The lowest BCUT2D eigenvalue weighted by atomic mass is 10.1. The number of carbonyl (C=O) groups excluding carboxylic acids is 1. The summed E-state index contributed by atoms with van der Waals surface area (Å²) in [7, 11) is 0. The molecule has 2 heteroatoms. The average molecular weight is 128 g/mol. The first-order valence-electron chi connectivity index (χ1n) is 2.95. The fourth-order valence-corrected chi connectivity index (χ4v) is 0.608. The Balaban J connectivity index is 3.37. The number of carbonyl (C=O) groups is 1. The van der Waals surface area contributed by atoms with Gasteiger partial charge in [0.25, 0.3) is 0 Å². The molecule has 0 amide bonds. The van der Waals surface area contributed by atoms with Gasteiger partial charge in [-0.05, 0) is 13.3 Å². The van der Waals surface area contributed by atoms with Crippen molar-refractivity contribution in [1.82, 2.24) is 0 Å². The molecule has 0 aromatic carbocycles. The number of aliphatic hydroxyl groups is 1. The Morgan fingerprint density at radius 1 is 1.89 bits per heavy atom. The maximum absolute atomic E-state index is 10.3.